The Hall–Kier alpha value is -1.48. The minimum absolute atomic E-state index is 0.275. The fraction of sp³-hybridized carbons (Fsp3) is 0.333. The van der Waals surface area contributed by atoms with Crippen molar-refractivity contribution in [3.05, 3.63) is 36.2 Å². The molecule has 3 rings (SSSR count). The van der Waals surface area contributed by atoms with Crippen molar-refractivity contribution in [2.75, 3.05) is 6.61 Å². The topological polar surface area (TPSA) is 46.0 Å². The number of rotatable bonds is 2. The lowest BCUT2D eigenvalue weighted by Crippen LogP contribution is -1.93. The van der Waals surface area contributed by atoms with E-state index in [1.807, 2.05) is 24.3 Å². The van der Waals surface area contributed by atoms with Gasteiger partial charge in [-0.15, -0.1) is 0 Å². The molecule has 2 atom stereocenters. The van der Waals surface area contributed by atoms with Gasteiger partial charge in [0.2, 0.25) is 0 Å². The molecule has 0 aliphatic heterocycles. The van der Waals surface area contributed by atoms with Gasteiger partial charge in [0.15, 0.2) is 0 Å². The van der Waals surface area contributed by atoms with Crippen LogP contribution in [0.3, 0.4) is 0 Å². The van der Waals surface area contributed by atoms with Gasteiger partial charge in [-0.25, -0.2) is 0 Å². The maximum Gasteiger partial charge on any atom is 0.0890 e. The second-order valence-corrected chi connectivity index (χ2v) is 4.06. The van der Waals surface area contributed by atoms with Crippen molar-refractivity contribution in [2.45, 2.75) is 12.3 Å². The van der Waals surface area contributed by atoms with Crippen LogP contribution in [-0.4, -0.2) is 21.7 Å². The average molecular weight is 200 g/mol. The number of pyridine rings is 2. The van der Waals surface area contributed by atoms with Crippen molar-refractivity contribution in [1.29, 1.82) is 0 Å². The summed E-state index contributed by atoms with van der Waals surface area (Å²) >= 11 is 0. The van der Waals surface area contributed by atoms with Gasteiger partial charge in [-0.3, -0.25) is 9.97 Å². The molecule has 1 fully saturated rings. The van der Waals surface area contributed by atoms with Gasteiger partial charge >= 0.3 is 0 Å². The Morgan fingerprint density at radius 2 is 2.20 bits per heavy atom. The minimum Gasteiger partial charge on any atom is -0.396 e. The Kier molecular flexibility index (Phi) is 1.92. The third-order valence-electron chi connectivity index (χ3n) is 3.01. The summed E-state index contributed by atoms with van der Waals surface area (Å²) < 4.78 is 0. The predicted molar refractivity (Wildman–Crippen MR) is 57.5 cm³/mol. The Morgan fingerprint density at radius 3 is 3.00 bits per heavy atom. The third-order valence-corrected chi connectivity index (χ3v) is 3.01. The fourth-order valence-electron chi connectivity index (χ4n) is 1.99. The number of aliphatic hydroxyl groups is 1. The highest BCUT2D eigenvalue weighted by atomic mass is 16.3. The smallest absolute Gasteiger partial charge is 0.0890 e. The van der Waals surface area contributed by atoms with E-state index in [1.165, 1.54) is 0 Å². The highest BCUT2D eigenvalue weighted by Crippen LogP contribution is 2.46. The second-order valence-electron chi connectivity index (χ2n) is 4.06. The van der Waals surface area contributed by atoms with Crippen molar-refractivity contribution >= 4 is 11.0 Å². The van der Waals surface area contributed by atoms with Crippen LogP contribution >= 0.6 is 0 Å². The fourth-order valence-corrected chi connectivity index (χ4v) is 1.99. The van der Waals surface area contributed by atoms with Crippen LogP contribution in [0.5, 0.6) is 0 Å². The summed E-state index contributed by atoms with van der Waals surface area (Å²) in [6, 6.07) is 7.90. The lowest BCUT2D eigenvalue weighted by molar-refractivity contribution is 0.273. The van der Waals surface area contributed by atoms with E-state index in [9.17, 15) is 0 Å². The molecule has 0 aromatic carbocycles. The molecular formula is C12H12N2O. The molecule has 0 spiro atoms. The van der Waals surface area contributed by atoms with Crippen molar-refractivity contribution in [3.8, 4) is 0 Å². The Balaban J connectivity index is 2.00. The molecule has 1 N–H and O–H groups in total. The number of fused-ring (bicyclic) bond motifs is 1. The maximum absolute atomic E-state index is 9.01. The first kappa shape index (κ1) is 8.80. The monoisotopic (exact) mass is 200 g/mol. The molecule has 2 unspecified atom stereocenters. The Bertz CT molecular complexity index is 498. The number of nitrogens with zero attached hydrogens (tertiary/aromatic N) is 2. The van der Waals surface area contributed by atoms with E-state index in [0.717, 1.165) is 23.1 Å². The van der Waals surface area contributed by atoms with Gasteiger partial charge in [-0.1, -0.05) is 0 Å². The van der Waals surface area contributed by atoms with Gasteiger partial charge in [0.05, 0.1) is 11.0 Å². The van der Waals surface area contributed by atoms with E-state index in [2.05, 4.69) is 9.97 Å². The van der Waals surface area contributed by atoms with Crippen LogP contribution in [0.2, 0.25) is 0 Å². The van der Waals surface area contributed by atoms with Crippen LogP contribution in [0.4, 0.5) is 0 Å². The van der Waals surface area contributed by atoms with Crippen molar-refractivity contribution < 1.29 is 5.11 Å². The summed E-state index contributed by atoms with van der Waals surface area (Å²) in [5, 5.41) is 9.01. The van der Waals surface area contributed by atoms with E-state index >= 15 is 0 Å². The van der Waals surface area contributed by atoms with Crippen LogP contribution in [0.25, 0.3) is 11.0 Å². The van der Waals surface area contributed by atoms with Crippen LogP contribution in [-0.2, 0) is 0 Å². The van der Waals surface area contributed by atoms with Gasteiger partial charge in [0, 0.05) is 24.4 Å². The highest BCUT2D eigenvalue weighted by Gasteiger charge is 2.38. The lowest BCUT2D eigenvalue weighted by atomic mass is 10.2. The summed E-state index contributed by atoms with van der Waals surface area (Å²) in [7, 11) is 0. The SMILES string of the molecule is OCC1CC1c1ccc2ncccc2n1. The molecule has 76 valence electrons. The highest BCUT2D eigenvalue weighted by molar-refractivity contribution is 5.73. The summed E-state index contributed by atoms with van der Waals surface area (Å²) in [6.07, 6.45) is 2.84. The van der Waals surface area contributed by atoms with E-state index in [4.69, 9.17) is 5.11 Å². The molecule has 1 aliphatic carbocycles. The number of hydrogen-bond acceptors (Lipinski definition) is 3. The molecule has 3 nitrogen and oxygen atoms in total. The van der Waals surface area contributed by atoms with Gasteiger partial charge in [-0.05, 0) is 36.6 Å². The molecule has 0 radical (unpaired) electrons. The summed E-state index contributed by atoms with van der Waals surface area (Å²) in [5.41, 5.74) is 2.97. The largest absolute Gasteiger partial charge is 0.396 e. The van der Waals surface area contributed by atoms with E-state index in [1.54, 1.807) is 6.20 Å². The van der Waals surface area contributed by atoms with Gasteiger partial charge < -0.3 is 5.11 Å². The molecule has 15 heavy (non-hydrogen) atoms. The van der Waals surface area contributed by atoms with Gasteiger partial charge in [0.1, 0.15) is 0 Å². The molecule has 1 saturated carbocycles. The molecule has 2 aromatic rings. The van der Waals surface area contributed by atoms with E-state index < -0.39 is 0 Å². The number of aromatic nitrogens is 2. The quantitative estimate of drug-likeness (QED) is 0.803. The van der Waals surface area contributed by atoms with Crippen LogP contribution in [0.15, 0.2) is 30.5 Å². The van der Waals surface area contributed by atoms with Gasteiger partial charge in [-0.2, -0.15) is 0 Å². The summed E-state index contributed by atoms with van der Waals surface area (Å²) in [5.74, 6) is 0.881. The summed E-state index contributed by atoms with van der Waals surface area (Å²) in [6.45, 7) is 0.275. The zero-order valence-electron chi connectivity index (χ0n) is 8.30. The Labute approximate surface area is 87.8 Å². The molecule has 0 bridgehead atoms. The van der Waals surface area contributed by atoms with Crippen molar-refractivity contribution in [2.24, 2.45) is 5.92 Å². The molecule has 2 aromatic heterocycles. The molecule has 3 heteroatoms. The van der Waals surface area contributed by atoms with E-state index in [-0.39, 0.29) is 6.61 Å². The van der Waals surface area contributed by atoms with Crippen LogP contribution in [0.1, 0.15) is 18.0 Å². The van der Waals surface area contributed by atoms with Crippen molar-refractivity contribution in [3.63, 3.8) is 0 Å². The van der Waals surface area contributed by atoms with Crippen LogP contribution < -0.4 is 0 Å². The first-order valence-electron chi connectivity index (χ1n) is 5.21. The third kappa shape index (κ3) is 1.49. The normalized spacial score (nSPS) is 24.3. The van der Waals surface area contributed by atoms with Crippen LogP contribution in [0, 0.1) is 5.92 Å². The molecule has 1 aliphatic rings. The molecule has 0 saturated heterocycles. The zero-order valence-corrected chi connectivity index (χ0v) is 8.30. The first-order chi connectivity index (χ1) is 7.38. The number of hydrogen-bond donors (Lipinski definition) is 1. The standard InChI is InChI=1S/C12H12N2O/c15-7-8-6-9(8)10-3-4-11-12(14-10)2-1-5-13-11/h1-5,8-9,15H,6-7H2. The van der Waals surface area contributed by atoms with Crippen molar-refractivity contribution in [1.82, 2.24) is 9.97 Å². The lowest BCUT2D eigenvalue weighted by Gasteiger charge is -2.00. The predicted octanol–water partition coefficient (Wildman–Crippen LogP) is 1.73. The van der Waals surface area contributed by atoms with Gasteiger partial charge in [0.25, 0.3) is 0 Å². The Morgan fingerprint density at radius 1 is 1.27 bits per heavy atom. The van der Waals surface area contributed by atoms with E-state index in [0.29, 0.717) is 11.8 Å². The molecule has 0 amide bonds. The maximum atomic E-state index is 9.01. The molecule has 2 heterocycles. The second kappa shape index (κ2) is 3.28. The minimum atomic E-state index is 0.275. The first-order valence-corrected chi connectivity index (χ1v) is 5.21. The zero-order chi connectivity index (χ0) is 10.3. The summed E-state index contributed by atoms with van der Waals surface area (Å²) in [4.78, 5) is 8.79. The number of aliphatic hydroxyl groups excluding tert-OH is 1. The molecular weight excluding hydrogens is 188 g/mol. The average Bonchev–Trinajstić information content (AvgIpc) is 3.08.